The predicted octanol–water partition coefficient (Wildman–Crippen LogP) is 6.01. The Bertz CT molecular complexity index is 566. The topological polar surface area (TPSA) is 0 Å². The fourth-order valence-corrected chi connectivity index (χ4v) is 5.74. The van der Waals surface area contributed by atoms with Gasteiger partial charge in [0.1, 0.15) is 9.75 Å². The van der Waals surface area contributed by atoms with Crippen LogP contribution in [0.4, 0.5) is 0 Å². The van der Waals surface area contributed by atoms with Crippen LogP contribution in [0.3, 0.4) is 0 Å². The molecule has 3 atom stereocenters. The minimum absolute atomic E-state index is 0.183. The SMILES string of the molecule is ClC1=C(Cl)[C@@]2(Cl)C[C@@H](c3ccccc3)[C@@]1(Cl)C2(Cl)Cl. The van der Waals surface area contributed by atoms with E-state index < -0.39 is 14.1 Å². The fourth-order valence-electron chi connectivity index (χ4n) is 2.94. The van der Waals surface area contributed by atoms with Gasteiger partial charge in [-0.25, -0.2) is 0 Å². The first-order valence-electron chi connectivity index (χ1n) is 5.63. The van der Waals surface area contributed by atoms with Crippen LogP contribution in [0.2, 0.25) is 0 Å². The Balaban J connectivity index is 2.20. The Morgan fingerprint density at radius 3 is 1.95 bits per heavy atom. The van der Waals surface area contributed by atoms with Gasteiger partial charge in [0.25, 0.3) is 0 Å². The summed E-state index contributed by atoms with van der Waals surface area (Å²) in [6, 6.07) is 9.68. The highest BCUT2D eigenvalue weighted by molar-refractivity contribution is 6.65. The minimum Gasteiger partial charge on any atom is -0.110 e. The van der Waals surface area contributed by atoms with Crippen LogP contribution < -0.4 is 0 Å². The standard InChI is InChI=1S/C13H8Cl6/c14-9-10(15)12(17)8(7-4-2-1-3-5-7)6-11(9,16)13(12,18)19/h1-5,8H,6H2/t8-,11-,12-/m0/s1. The smallest absolute Gasteiger partial charge is 0.110 e. The lowest BCUT2D eigenvalue weighted by Crippen LogP contribution is -2.43. The molecule has 0 heterocycles. The summed E-state index contributed by atoms with van der Waals surface area (Å²) < 4.78 is -1.45. The van der Waals surface area contributed by atoms with Crippen LogP contribution in [0, 0.1) is 0 Å². The zero-order valence-electron chi connectivity index (χ0n) is 9.44. The average molecular weight is 377 g/mol. The van der Waals surface area contributed by atoms with Crippen LogP contribution in [0.25, 0.3) is 0 Å². The molecule has 1 saturated carbocycles. The summed E-state index contributed by atoms with van der Waals surface area (Å²) in [5.74, 6) is -0.183. The number of hydrogen-bond donors (Lipinski definition) is 0. The summed E-state index contributed by atoms with van der Waals surface area (Å²) in [5, 5.41) is 0.499. The maximum absolute atomic E-state index is 6.70. The van der Waals surface area contributed by atoms with Crippen LogP contribution in [0.15, 0.2) is 40.4 Å². The monoisotopic (exact) mass is 374 g/mol. The van der Waals surface area contributed by atoms with Crippen molar-refractivity contribution in [3.05, 3.63) is 46.0 Å². The molecule has 0 unspecified atom stereocenters. The number of allylic oxidation sites excluding steroid dienone is 2. The molecule has 0 nitrogen and oxygen atoms in total. The van der Waals surface area contributed by atoms with Crippen LogP contribution in [0.1, 0.15) is 17.9 Å². The van der Waals surface area contributed by atoms with Gasteiger partial charge in [-0.1, -0.05) is 76.7 Å². The van der Waals surface area contributed by atoms with Crippen molar-refractivity contribution in [1.29, 1.82) is 0 Å². The largest absolute Gasteiger partial charge is 0.166 e. The second-order valence-electron chi connectivity index (χ2n) is 4.88. The zero-order valence-corrected chi connectivity index (χ0v) is 14.0. The first-order valence-corrected chi connectivity index (χ1v) is 7.90. The van der Waals surface area contributed by atoms with E-state index in [0.29, 0.717) is 6.42 Å². The van der Waals surface area contributed by atoms with Gasteiger partial charge in [-0.15, -0.1) is 23.2 Å². The van der Waals surface area contributed by atoms with Gasteiger partial charge in [0, 0.05) is 5.92 Å². The van der Waals surface area contributed by atoms with Gasteiger partial charge in [-0.05, 0) is 12.0 Å². The van der Waals surface area contributed by atoms with E-state index in [4.69, 9.17) is 69.6 Å². The molecule has 2 aliphatic carbocycles. The molecule has 102 valence electrons. The molecular formula is C13H8Cl6. The number of hydrogen-bond acceptors (Lipinski definition) is 0. The van der Waals surface area contributed by atoms with Crippen LogP contribution >= 0.6 is 69.6 Å². The lowest BCUT2D eigenvalue weighted by atomic mass is 9.86. The van der Waals surface area contributed by atoms with E-state index in [1.807, 2.05) is 30.3 Å². The van der Waals surface area contributed by atoms with Crippen molar-refractivity contribution in [2.24, 2.45) is 0 Å². The summed E-state index contributed by atoms with van der Waals surface area (Å²) in [6.45, 7) is 0. The van der Waals surface area contributed by atoms with Crippen molar-refractivity contribution < 1.29 is 0 Å². The molecule has 6 heteroatoms. The third-order valence-corrected chi connectivity index (χ3v) is 8.26. The van der Waals surface area contributed by atoms with Crippen molar-refractivity contribution in [3.8, 4) is 0 Å². The van der Waals surface area contributed by atoms with E-state index in [2.05, 4.69) is 0 Å². The molecule has 1 aromatic carbocycles. The summed E-state index contributed by atoms with van der Waals surface area (Å²) in [4.78, 5) is -2.34. The fraction of sp³-hybridized carbons (Fsp3) is 0.385. The van der Waals surface area contributed by atoms with Gasteiger partial charge in [0.05, 0.1) is 10.1 Å². The molecule has 19 heavy (non-hydrogen) atoms. The van der Waals surface area contributed by atoms with Crippen molar-refractivity contribution in [2.45, 2.75) is 26.4 Å². The molecule has 1 fully saturated rings. The molecule has 0 aromatic heterocycles. The first kappa shape index (κ1) is 14.6. The number of alkyl halides is 4. The molecule has 0 spiro atoms. The number of rotatable bonds is 1. The van der Waals surface area contributed by atoms with Gasteiger partial charge in [0.2, 0.25) is 0 Å². The normalized spacial score (nSPS) is 40.0. The first-order chi connectivity index (χ1) is 8.77. The molecule has 0 saturated heterocycles. The van der Waals surface area contributed by atoms with Crippen molar-refractivity contribution in [2.75, 3.05) is 0 Å². The van der Waals surface area contributed by atoms with Crippen molar-refractivity contribution >= 4 is 69.6 Å². The van der Waals surface area contributed by atoms with E-state index >= 15 is 0 Å². The molecule has 0 radical (unpaired) electrons. The summed E-state index contributed by atoms with van der Waals surface area (Å²) in [6.07, 6.45) is 0.449. The maximum Gasteiger partial charge on any atom is 0.166 e. The van der Waals surface area contributed by atoms with Crippen LogP contribution in [-0.2, 0) is 0 Å². The quantitative estimate of drug-likeness (QED) is 0.527. The van der Waals surface area contributed by atoms with E-state index in [-0.39, 0.29) is 16.0 Å². The summed E-state index contributed by atoms with van der Waals surface area (Å²) >= 11 is 38.6. The lowest BCUT2D eigenvalue weighted by Gasteiger charge is -2.34. The third-order valence-electron chi connectivity index (χ3n) is 3.98. The van der Waals surface area contributed by atoms with E-state index in [9.17, 15) is 0 Å². The average Bonchev–Trinajstić information content (AvgIpc) is 2.62. The van der Waals surface area contributed by atoms with Gasteiger partial charge in [-0.2, -0.15) is 0 Å². The number of benzene rings is 1. The van der Waals surface area contributed by atoms with Crippen LogP contribution in [-0.4, -0.2) is 14.1 Å². The summed E-state index contributed by atoms with van der Waals surface area (Å²) in [5.41, 5.74) is 0.994. The van der Waals surface area contributed by atoms with Gasteiger partial charge in [-0.3, -0.25) is 0 Å². The minimum atomic E-state index is -1.45. The number of fused-ring (bicyclic) bond motifs is 2. The van der Waals surface area contributed by atoms with E-state index in [1.165, 1.54) is 0 Å². The molecule has 2 bridgehead atoms. The van der Waals surface area contributed by atoms with E-state index in [0.717, 1.165) is 5.56 Å². The second-order valence-corrected chi connectivity index (χ2v) is 8.21. The van der Waals surface area contributed by atoms with Crippen molar-refractivity contribution in [1.82, 2.24) is 0 Å². The van der Waals surface area contributed by atoms with Crippen LogP contribution in [0.5, 0.6) is 0 Å². The van der Waals surface area contributed by atoms with Crippen molar-refractivity contribution in [3.63, 3.8) is 0 Å². The predicted molar refractivity (Wildman–Crippen MR) is 84.1 cm³/mol. The van der Waals surface area contributed by atoms with E-state index in [1.54, 1.807) is 0 Å². The summed E-state index contributed by atoms with van der Waals surface area (Å²) in [7, 11) is 0. The Hall–Kier alpha value is 0.700. The molecule has 0 N–H and O–H groups in total. The molecule has 1 aromatic rings. The second kappa shape index (κ2) is 4.35. The Morgan fingerprint density at radius 1 is 0.895 bits per heavy atom. The molecule has 0 aliphatic heterocycles. The number of halogens is 6. The highest BCUT2D eigenvalue weighted by Crippen LogP contribution is 2.76. The molecule has 3 rings (SSSR count). The molecular weight excluding hydrogens is 369 g/mol. The van der Waals surface area contributed by atoms with Gasteiger partial charge in [0.15, 0.2) is 4.33 Å². The third kappa shape index (κ3) is 1.57. The maximum atomic E-state index is 6.70. The van der Waals surface area contributed by atoms with Gasteiger partial charge < -0.3 is 0 Å². The highest BCUT2D eigenvalue weighted by Gasteiger charge is 2.78. The highest BCUT2D eigenvalue weighted by atomic mass is 35.5. The van der Waals surface area contributed by atoms with Gasteiger partial charge >= 0.3 is 0 Å². The zero-order chi connectivity index (χ0) is 14.1. The molecule has 0 amide bonds. The molecule has 2 aliphatic rings. The lowest BCUT2D eigenvalue weighted by molar-refractivity contribution is 0.601. The Morgan fingerprint density at radius 2 is 1.47 bits per heavy atom. The Kier molecular flexibility index (Phi) is 3.35. The Labute approximate surface area is 141 Å².